The molecule has 0 radical (unpaired) electrons. The Bertz CT molecular complexity index is 1840. The molecule has 0 aliphatic carbocycles. The number of benzene rings is 2. The zero-order chi connectivity index (χ0) is 29.1. The second-order valence-electron chi connectivity index (χ2n) is 10.1. The van der Waals surface area contributed by atoms with Crippen LogP contribution in [-0.4, -0.2) is 38.6 Å². The van der Waals surface area contributed by atoms with Crippen LogP contribution in [0.3, 0.4) is 0 Å². The Morgan fingerprint density at radius 3 is 2.67 bits per heavy atom. The fourth-order valence-corrected chi connectivity index (χ4v) is 5.46. The molecular formula is C33H26ClFN6O. The molecule has 0 bridgehead atoms. The fourth-order valence-electron chi connectivity index (χ4n) is 5.33. The molecule has 1 N–H and O–H groups in total. The summed E-state index contributed by atoms with van der Waals surface area (Å²) >= 11 is 6.01. The molecule has 0 fully saturated rings. The average Bonchev–Trinajstić information content (AvgIpc) is 3.34. The molecule has 0 atom stereocenters. The minimum atomic E-state index is -0.583. The van der Waals surface area contributed by atoms with Crippen LogP contribution in [0.5, 0.6) is 0 Å². The van der Waals surface area contributed by atoms with Gasteiger partial charge in [0.05, 0.1) is 5.52 Å². The number of pyridine rings is 2. The average molecular weight is 577 g/mol. The van der Waals surface area contributed by atoms with Gasteiger partial charge in [-0.2, -0.15) is 9.65 Å². The van der Waals surface area contributed by atoms with Crippen molar-refractivity contribution in [3.63, 3.8) is 0 Å². The molecule has 0 unspecified atom stereocenters. The van der Waals surface area contributed by atoms with Crippen molar-refractivity contribution in [3.05, 3.63) is 124 Å². The van der Waals surface area contributed by atoms with Gasteiger partial charge in [-0.15, -0.1) is 0 Å². The Balaban J connectivity index is 1.32. The van der Waals surface area contributed by atoms with Gasteiger partial charge in [-0.3, -0.25) is 9.47 Å². The lowest BCUT2D eigenvalue weighted by Gasteiger charge is -2.27. The zero-order valence-electron chi connectivity index (χ0n) is 22.6. The van der Waals surface area contributed by atoms with Crippen molar-refractivity contribution < 1.29 is 9.18 Å². The number of carbonyl (C=O) groups is 1. The van der Waals surface area contributed by atoms with Crippen LogP contribution in [0.25, 0.3) is 28.1 Å². The highest BCUT2D eigenvalue weighted by Crippen LogP contribution is 2.34. The number of fused-ring (bicyclic) bond motifs is 3. The second-order valence-corrected chi connectivity index (χ2v) is 10.6. The number of hydrogen-bond donors (Lipinski definition) is 1. The van der Waals surface area contributed by atoms with Crippen LogP contribution in [0, 0.1) is 17.3 Å². The molecule has 3 aromatic heterocycles. The number of hydrogen-bond acceptors (Lipinski definition) is 5. The SMILES string of the molecule is N#Cc1ccc(-c2ccc3c(c2)c2c(n3C(=O)NCc3ccnc(F)c3)CCN(CC=Cc3ccc(Cl)cc3)C2)cn1. The van der Waals surface area contributed by atoms with Gasteiger partial charge < -0.3 is 5.32 Å². The van der Waals surface area contributed by atoms with Crippen LogP contribution < -0.4 is 5.32 Å². The normalized spacial score (nSPS) is 13.3. The predicted octanol–water partition coefficient (Wildman–Crippen LogP) is 6.59. The maximum absolute atomic E-state index is 13.6. The Morgan fingerprint density at radius 2 is 1.90 bits per heavy atom. The standard InChI is InChI=1S/C33H26ClFN6O/c34-26-7-3-22(4-8-26)2-1-14-40-15-12-31-29(21-40)28-17-24(25-5-9-27(18-36)38-20-25)6-10-30(28)41(31)33(42)39-19-23-11-13-37-32(35)16-23/h1-11,13,16-17,20H,12,14-15,19,21H2,(H,39,42). The molecule has 0 saturated heterocycles. The summed E-state index contributed by atoms with van der Waals surface area (Å²) in [6.07, 6.45) is 8.00. The third kappa shape index (κ3) is 5.79. The number of halogens is 2. The summed E-state index contributed by atoms with van der Waals surface area (Å²) in [4.78, 5) is 23.7. The molecule has 1 aliphatic rings. The van der Waals surface area contributed by atoms with Gasteiger partial charge in [-0.05, 0) is 70.8 Å². The first-order valence-corrected chi connectivity index (χ1v) is 13.9. The smallest absolute Gasteiger partial charge is 0.326 e. The molecule has 208 valence electrons. The molecule has 1 aliphatic heterocycles. The molecule has 0 spiro atoms. The van der Waals surface area contributed by atoms with Crippen LogP contribution in [0.1, 0.15) is 28.1 Å². The number of nitriles is 1. The Hall–Kier alpha value is -4.84. The highest BCUT2D eigenvalue weighted by atomic mass is 35.5. The fraction of sp³-hybridized carbons (Fsp3) is 0.152. The maximum atomic E-state index is 13.6. The van der Waals surface area contributed by atoms with Gasteiger partial charge in [0, 0.05) is 66.7 Å². The van der Waals surface area contributed by atoms with Crippen LogP contribution in [0.4, 0.5) is 9.18 Å². The van der Waals surface area contributed by atoms with Gasteiger partial charge >= 0.3 is 6.03 Å². The van der Waals surface area contributed by atoms with Gasteiger partial charge in [-0.1, -0.05) is 42.0 Å². The third-order valence-corrected chi connectivity index (χ3v) is 7.67. The number of amides is 1. The molecule has 1 amide bonds. The molecule has 4 heterocycles. The number of aromatic nitrogens is 3. The van der Waals surface area contributed by atoms with E-state index in [2.05, 4.69) is 44.5 Å². The third-order valence-electron chi connectivity index (χ3n) is 7.42. The molecule has 42 heavy (non-hydrogen) atoms. The molecule has 2 aromatic carbocycles. The van der Waals surface area contributed by atoms with Crippen molar-refractivity contribution in [2.75, 3.05) is 13.1 Å². The topological polar surface area (TPSA) is 86.8 Å². The molecular weight excluding hydrogens is 551 g/mol. The summed E-state index contributed by atoms with van der Waals surface area (Å²) in [6, 6.07) is 22.1. The number of nitrogens with zero attached hydrogens (tertiary/aromatic N) is 5. The van der Waals surface area contributed by atoms with Crippen molar-refractivity contribution in [2.24, 2.45) is 0 Å². The largest absolute Gasteiger partial charge is 0.333 e. The van der Waals surface area contributed by atoms with E-state index in [1.807, 2.05) is 42.5 Å². The van der Waals surface area contributed by atoms with Crippen molar-refractivity contribution in [3.8, 4) is 17.2 Å². The lowest BCUT2D eigenvalue weighted by atomic mass is 10.0. The molecule has 9 heteroatoms. The molecule has 7 nitrogen and oxygen atoms in total. The van der Waals surface area contributed by atoms with Crippen LogP contribution in [0.15, 0.2) is 85.2 Å². The number of rotatable bonds is 6. The van der Waals surface area contributed by atoms with Crippen molar-refractivity contribution >= 4 is 34.6 Å². The van der Waals surface area contributed by atoms with E-state index in [0.717, 1.165) is 51.9 Å². The van der Waals surface area contributed by atoms with E-state index in [1.54, 1.807) is 22.9 Å². The van der Waals surface area contributed by atoms with E-state index in [4.69, 9.17) is 16.9 Å². The first kappa shape index (κ1) is 27.3. The van der Waals surface area contributed by atoms with Gasteiger partial charge in [0.2, 0.25) is 5.95 Å². The number of nitrogens with one attached hydrogen (secondary N) is 1. The summed E-state index contributed by atoms with van der Waals surface area (Å²) in [5, 5.41) is 13.8. The van der Waals surface area contributed by atoms with E-state index in [-0.39, 0.29) is 12.6 Å². The van der Waals surface area contributed by atoms with Gasteiger partial charge in [0.25, 0.3) is 0 Å². The summed E-state index contributed by atoms with van der Waals surface area (Å²) in [5.41, 5.74) is 6.79. The zero-order valence-corrected chi connectivity index (χ0v) is 23.4. The summed E-state index contributed by atoms with van der Waals surface area (Å²) in [6.45, 7) is 2.42. The second kappa shape index (κ2) is 12.0. The quantitative estimate of drug-likeness (QED) is 0.230. The summed E-state index contributed by atoms with van der Waals surface area (Å²) in [7, 11) is 0. The van der Waals surface area contributed by atoms with E-state index in [0.29, 0.717) is 29.2 Å². The van der Waals surface area contributed by atoms with Crippen LogP contribution in [0.2, 0.25) is 5.02 Å². The molecule has 0 saturated carbocycles. The lowest BCUT2D eigenvalue weighted by molar-refractivity contribution is 0.240. The van der Waals surface area contributed by atoms with Crippen molar-refractivity contribution in [1.82, 2.24) is 24.8 Å². The van der Waals surface area contributed by atoms with Crippen molar-refractivity contribution in [2.45, 2.75) is 19.5 Å². The number of carbonyl (C=O) groups excluding carboxylic acids is 1. The highest BCUT2D eigenvalue weighted by Gasteiger charge is 2.26. The van der Waals surface area contributed by atoms with Gasteiger partial charge in [-0.25, -0.2) is 14.8 Å². The Morgan fingerprint density at radius 1 is 1.07 bits per heavy atom. The van der Waals surface area contributed by atoms with Gasteiger partial charge in [0.1, 0.15) is 11.8 Å². The van der Waals surface area contributed by atoms with E-state index >= 15 is 0 Å². The first-order chi connectivity index (χ1) is 20.5. The lowest BCUT2D eigenvalue weighted by Crippen LogP contribution is -2.34. The minimum Gasteiger partial charge on any atom is -0.333 e. The Labute approximate surface area is 247 Å². The predicted molar refractivity (Wildman–Crippen MR) is 161 cm³/mol. The highest BCUT2D eigenvalue weighted by molar-refractivity contribution is 6.30. The maximum Gasteiger partial charge on any atom is 0.326 e. The monoisotopic (exact) mass is 576 g/mol. The van der Waals surface area contributed by atoms with E-state index in [1.165, 1.54) is 12.3 Å². The van der Waals surface area contributed by atoms with E-state index < -0.39 is 5.95 Å². The van der Waals surface area contributed by atoms with Crippen LogP contribution >= 0.6 is 11.6 Å². The Kier molecular flexibility index (Phi) is 7.78. The summed E-state index contributed by atoms with van der Waals surface area (Å²) in [5.74, 6) is -0.583. The molecule has 5 aromatic rings. The summed E-state index contributed by atoms with van der Waals surface area (Å²) < 4.78 is 15.3. The minimum absolute atomic E-state index is 0.184. The van der Waals surface area contributed by atoms with E-state index in [9.17, 15) is 9.18 Å². The molecule has 6 rings (SSSR count). The van der Waals surface area contributed by atoms with Crippen molar-refractivity contribution in [1.29, 1.82) is 5.26 Å². The van der Waals surface area contributed by atoms with Gasteiger partial charge in [0.15, 0.2) is 0 Å². The van der Waals surface area contributed by atoms with Crippen LogP contribution in [-0.2, 0) is 19.5 Å². The first-order valence-electron chi connectivity index (χ1n) is 13.5.